The van der Waals surface area contributed by atoms with E-state index in [-0.39, 0.29) is 32.7 Å². The lowest BCUT2D eigenvalue weighted by atomic mass is 10.0. The number of quaternary nitrogens is 1. The number of hydrogen-bond donors (Lipinski definition) is 1. The van der Waals surface area contributed by atoms with E-state index in [1.54, 1.807) is 0 Å². The Balaban J connectivity index is 4.24. The van der Waals surface area contributed by atoms with Crippen molar-refractivity contribution in [3.05, 3.63) is 146 Å². The van der Waals surface area contributed by atoms with Crippen LogP contribution in [-0.2, 0) is 33.3 Å². The molecule has 0 aliphatic rings. The largest absolute Gasteiger partial charge is 0.477 e. The number of carbonyl (C=O) groups is 3. The van der Waals surface area contributed by atoms with Crippen molar-refractivity contribution in [2.24, 2.45) is 0 Å². The van der Waals surface area contributed by atoms with E-state index in [0.29, 0.717) is 23.9 Å². The zero-order valence-corrected chi connectivity index (χ0v) is 46.5. The van der Waals surface area contributed by atoms with Crippen LogP contribution in [-0.4, -0.2) is 87.4 Å². The van der Waals surface area contributed by atoms with Crippen LogP contribution in [0, 0.1) is 0 Å². The summed E-state index contributed by atoms with van der Waals surface area (Å²) in [6.07, 6.45) is 75.2. The summed E-state index contributed by atoms with van der Waals surface area (Å²) in [5, 5.41) is 9.67. The van der Waals surface area contributed by atoms with Gasteiger partial charge in [-0.25, -0.2) is 4.79 Å². The molecule has 0 fully saturated rings. The van der Waals surface area contributed by atoms with Gasteiger partial charge in [-0.2, -0.15) is 0 Å². The molecule has 0 amide bonds. The number of unbranched alkanes of at least 4 members (excludes halogenated alkanes) is 10. The van der Waals surface area contributed by atoms with Gasteiger partial charge in [0.2, 0.25) is 0 Å². The molecule has 0 spiro atoms. The van der Waals surface area contributed by atoms with E-state index in [4.69, 9.17) is 18.9 Å². The fourth-order valence-corrected chi connectivity index (χ4v) is 6.86. The summed E-state index contributed by atoms with van der Waals surface area (Å²) in [7, 11) is 5.93. The second-order valence-electron chi connectivity index (χ2n) is 19.1. The third kappa shape index (κ3) is 54.8. The van der Waals surface area contributed by atoms with Gasteiger partial charge >= 0.3 is 17.9 Å². The summed E-state index contributed by atoms with van der Waals surface area (Å²) < 4.78 is 22.7. The van der Waals surface area contributed by atoms with E-state index in [1.807, 2.05) is 33.3 Å². The van der Waals surface area contributed by atoms with Crippen LogP contribution in [0.2, 0.25) is 0 Å². The Hall–Kier alpha value is -4.83. The summed E-state index contributed by atoms with van der Waals surface area (Å²) >= 11 is 0. The van der Waals surface area contributed by atoms with Crippen molar-refractivity contribution in [1.82, 2.24) is 0 Å². The molecule has 9 heteroatoms. The van der Waals surface area contributed by atoms with Crippen molar-refractivity contribution in [2.45, 2.75) is 193 Å². The first kappa shape index (κ1) is 68.2. The SMILES string of the molecule is CC/C=C\C/C=C\C/C=C\C/C=C\C/C=C\C/C=C\C/C=C\C/C=C\CCCCCCCCCCCCC(=O)OC(COC(=O)CC/C=C\C/C=C\C/C=C\C/C=C\CC)COC(OCC[N+](C)(C)C)C(=O)O. The number of likely N-dealkylation sites (N-methyl/N-ethyl adjacent to an activating group) is 1. The van der Waals surface area contributed by atoms with Gasteiger partial charge in [0.1, 0.15) is 13.2 Å². The van der Waals surface area contributed by atoms with Gasteiger partial charge in [0, 0.05) is 12.8 Å². The average Bonchev–Trinajstić information content (AvgIpc) is 3.36. The Labute approximate surface area is 445 Å². The molecule has 2 atom stereocenters. The van der Waals surface area contributed by atoms with Crippen LogP contribution in [0.3, 0.4) is 0 Å². The van der Waals surface area contributed by atoms with Crippen LogP contribution in [0.1, 0.15) is 181 Å². The third-order valence-corrected chi connectivity index (χ3v) is 11.1. The van der Waals surface area contributed by atoms with Gasteiger partial charge in [0.25, 0.3) is 6.29 Å². The van der Waals surface area contributed by atoms with Gasteiger partial charge in [-0.1, -0.05) is 211 Å². The second kappa shape index (κ2) is 53.5. The van der Waals surface area contributed by atoms with Crippen molar-refractivity contribution >= 4 is 17.9 Å². The molecular formula is C64H102NO8+. The average molecular weight is 1010 g/mol. The number of rotatable bonds is 49. The lowest BCUT2D eigenvalue weighted by molar-refractivity contribution is -0.870. The lowest BCUT2D eigenvalue weighted by Crippen LogP contribution is -2.40. The van der Waals surface area contributed by atoms with E-state index in [9.17, 15) is 19.5 Å². The number of esters is 2. The standard InChI is InChI=1S/C64H101NO8/c1-6-8-10-12-14-16-18-20-21-22-23-24-25-26-27-28-29-30-31-32-33-34-35-36-37-38-39-40-41-43-45-47-49-51-53-55-62(67)73-60(59-72-64(63(68)69)70-57-56-65(3,4)5)58-71-61(66)54-52-50-48-46-44-42-19-17-15-13-11-9-7-2/h8-11,14-17,20-21,23-24,26-27,29-30,32-33,35-36,42,44,48,50,60,64H,6-7,12-13,18-19,22,25,28,31,34,37-41,43,45-47,49,51-59H2,1-5H3/p+1/b10-8-,11-9-,16-14-,17-15-,21-20-,24-23-,27-26-,30-29-,33-32-,36-35-,44-42-,50-48-. The molecule has 0 aromatic rings. The van der Waals surface area contributed by atoms with Crippen LogP contribution in [0.25, 0.3) is 0 Å². The first-order valence-electron chi connectivity index (χ1n) is 28.0. The maximum atomic E-state index is 12.8. The molecule has 0 rings (SSSR count). The Kier molecular flexibility index (Phi) is 49.9. The van der Waals surface area contributed by atoms with Crippen LogP contribution >= 0.6 is 0 Å². The second-order valence-corrected chi connectivity index (χ2v) is 19.1. The smallest absolute Gasteiger partial charge is 0.361 e. The highest BCUT2D eigenvalue weighted by Crippen LogP contribution is 2.14. The number of aliphatic carboxylic acids is 1. The number of nitrogens with zero attached hydrogens (tertiary/aromatic N) is 1. The first-order valence-corrected chi connectivity index (χ1v) is 28.0. The van der Waals surface area contributed by atoms with Gasteiger partial charge in [-0.3, -0.25) is 9.59 Å². The molecule has 0 aromatic carbocycles. The predicted molar refractivity (Wildman–Crippen MR) is 308 cm³/mol. The van der Waals surface area contributed by atoms with E-state index >= 15 is 0 Å². The number of carbonyl (C=O) groups excluding carboxylic acids is 2. The van der Waals surface area contributed by atoms with E-state index in [2.05, 4.69) is 148 Å². The van der Waals surface area contributed by atoms with Crippen molar-refractivity contribution in [2.75, 3.05) is 47.5 Å². The third-order valence-electron chi connectivity index (χ3n) is 11.1. The maximum Gasteiger partial charge on any atom is 0.361 e. The van der Waals surface area contributed by atoms with Crippen molar-refractivity contribution in [1.29, 1.82) is 0 Å². The molecule has 0 bridgehead atoms. The van der Waals surface area contributed by atoms with Crippen molar-refractivity contribution in [3.8, 4) is 0 Å². The van der Waals surface area contributed by atoms with E-state index in [0.717, 1.165) is 103 Å². The highest BCUT2D eigenvalue weighted by Gasteiger charge is 2.25. The van der Waals surface area contributed by atoms with Crippen molar-refractivity contribution < 1.29 is 42.9 Å². The number of ether oxygens (including phenoxy) is 4. The van der Waals surface area contributed by atoms with Crippen molar-refractivity contribution in [3.63, 3.8) is 0 Å². The molecule has 73 heavy (non-hydrogen) atoms. The Morgan fingerprint density at radius 2 is 0.767 bits per heavy atom. The zero-order chi connectivity index (χ0) is 53.4. The molecule has 0 radical (unpaired) electrons. The molecule has 2 unspecified atom stereocenters. The fraction of sp³-hybridized carbons (Fsp3) is 0.578. The quantitative estimate of drug-likeness (QED) is 0.0211. The summed E-state index contributed by atoms with van der Waals surface area (Å²) in [6.45, 7) is 4.52. The summed E-state index contributed by atoms with van der Waals surface area (Å²) in [6, 6.07) is 0. The lowest BCUT2D eigenvalue weighted by Gasteiger charge is -2.25. The minimum absolute atomic E-state index is 0.168. The zero-order valence-electron chi connectivity index (χ0n) is 46.5. The monoisotopic (exact) mass is 1010 g/mol. The molecule has 1 N–H and O–H groups in total. The van der Waals surface area contributed by atoms with Crippen LogP contribution in [0.5, 0.6) is 0 Å². The highest BCUT2D eigenvalue weighted by molar-refractivity contribution is 5.71. The normalized spacial score (nSPS) is 13.9. The summed E-state index contributed by atoms with van der Waals surface area (Å²) in [4.78, 5) is 37.2. The number of hydrogen-bond acceptors (Lipinski definition) is 7. The topological polar surface area (TPSA) is 108 Å². The highest BCUT2D eigenvalue weighted by atomic mass is 16.7. The molecule has 0 saturated heterocycles. The molecule has 410 valence electrons. The van der Waals surface area contributed by atoms with Gasteiger partial charge in [0.15, 0.2) is 6.10 Å². The van der Waals surface area contributed by atoms with Gasteiger partial charge in [-0.15, -0.1) is 0 Å². The van der Waals surface area contributed by atoms with Gasteiger partial charge < -0.3 is 28.5 Å². The first-order chi connectivity index (χ1) is 35.6. The van der Waals surface area contributed by atoms with Crippen LogP contribution in [0.4, 0.5) is 0 Å². The molecule has 0 aromatic heterocycles. The summed E-state index contributed by atoms with van der Waals surface area (Å²) in [5.74, 6) is -2.14. The Morgan fingerprint density at radius 1 is 0.411 bits per heavy atom. The number of carboxylic acid groups (broad SMARTS) is 1. The molecule has 0 saturated carbocycles. The molecular weight excluding hydrogens is 911 g/mol. The predicted octanol–water partition coefficient (Wildman–Crippen LogP) is 16.4. The fourth-order valence-electron chi connectivity index (χ4n) is 6.86. The van der Waals surface area contributed by atoms with E-state index in [1.165, 1.54) is 38.5 Å². The summed E-state index contributed by atoms with van der Waals surface area (Å²) in [5.41, 5.74) is 0. The molecule has 0 aliphatic heterocycles. The minimum atomic E-state index is -1.53. The Bertz CT molecular complexity index is 1700. The van der Waals surface area contributed by atoms with Gasteiger partial charge in [0.05, 0.1) is 34.4 Å². The van der Waals surface area contributed by atoms with Crippen LogP contribution < -0.4 is 0 Å². The van der Waals surface area contributed by atoms with E-state index < -0.39 is 30.3 Å². The van der Waals surface area contributed by atoms with Crippen LogP contribution in [0.15, 0.2) is 146 Å². The maximum absolute atomic E-state index is 12.8. The molecule has 0 aliphatic carbocycles. The number of allylic oxidation sites excluding steroid dienone is 24. The number of carboxylic acids is 1. The minimum Gasteiger partial charge on any atom is -0.477 e. The van der Waals surface area contributed by atoms with Gasteiger partial charge in [-0.05, 0) is 103 Å². The Morgan fingerprint density at radius 3 is 1.15 bits per heavy atom. The molecule has 9 nitrogen and oxygen atoms in total. The molecule has 0 heterocycles.